The molecule has 0 aliphatic heterocycles. The highest BCUT2D eigenvalue weighted by Gasteiger charge is 2.26. The van der Waals surface area contributed by atoms with Crippen LogP contribution in [-0.2, 0) is 19.1 Å². The molecule has 2 aromatic carbocycles. The minimum atomic E-state index is -1.59. The van der Waals surface area contributed by atoms with Gasteiger partial charge in [-0.1, -0.05) is 36.4 Å². The van der Waals surface area contributed by atoms with Gasteiger partial charge in [0.25, 0.3) is 5.91 Å². The number of amides is 2. The van der Waals surface area contributed by atoms with Crippen LogP contribution < -0.4 is 10.6 Å². The third-order valence-electron chi connectivity index (χ3n) is 5.26. The number of carbonyl (C=O) groups excluding carboxylic acids is 2. The number of alkyl carbamates (subject to hydrolysis) is 1. The van der Waals surface area contributed by atoms with E-state index in [0.29, 0.717) is 12.0 Å². The normalized spacial score (nSPS) is 12.1. The Balaban J connectivity index is 1.79. The summed E-state index contributed by atoms with van der Waals surface area (Å²) in [5, 5.41) is 31.4. The number of aliphatic carboxylic acids is 3. The maximum atomic E-state index is 14.5. The van der Waals surface area contributed by atoms with Gasteiger partial charge >= 0.3 is 24.0 Å². The van der Waals surface area contributed by atoms with Gasteiger partial charge in [0.2, 0.25) is 6.10 Å². The lowest BCUT2D eigenvalue weighted by molar-refractivity contribution is -0.147. The van der Waals surface area contributed by atoms with Crippen molar-refractivity contribution in [2.24, 2.45) is 0 Å². The molecule has 0 radical (unpaired) electrons. The van der Waals surface area contributed by atoms with E-state index in [0.717, 1.165) is 5.56 Å². The summed E-state index contributed by atoms with van der Waals surface area (Å²) in [5.74, 6) is -5.54. The maximum absolute atomic E-state index is 14.5. The molecule has 0 saturated heterocycles. The summed E-state index contributed by atoms with van der Waals surface area (Å²) in [5.41, 5.74) is 1.28. The lowest BCUT2D eigenvalue weighted by Gasteiger charge is -2.17. The van der Waals surface area contributed by atoms with Gasteiger partial charge in [-0.05, 0) is 48.9 Å². The van der Waals surface area contributed by atoms with Crippen LogP contribution in [0, 0.1) is 5.82 Å². The Morgan fingerprint density at radius 2 is 1.57 bits per heavy atom. The first-order valence-electron chi connectivity index (χ1n) is 11.4. The Labute approximate surface area is 211 Å². The van der Waals surface area contributed by atoms with Crippen molar-refractivity contribution in [2.75, 3.05) is 6.54 Å². The molecule has 0 aliphatic carbocycles. The maximum Gasteiger partial charge on any atom is 0.408 e. The molecule has 198 valence electrons. The topological polar surface area (TPSA) is 179 Å². The number of halogens is 1. The van der Waals surface area contributed by atoms with Crippen molar-refractivity contribution in [1.82, 2.24) is 10.6 Å². The Morgan fingerprint density at radius 1 is 0.865 bits per heavy atom. The van der Waals surface area contributed by atoms with E-state index in [1.165, 1.54) is 12.1 Å². The molecule has 0 saturated carbocycles. The second-order valence-electron chi connectivity index (χ2n) is 8.01. The summed E-state index contributed by atoms with van der Waals surface area (Å²) in [4.78, 5) is 57.3. The van der Waals surface area contributed by atoms with E-state index in [9.17, 15) is 33.5 Å². The number of carboxylic acid groups (broad SMARTS) is 3. The molecule has 0 unspecified atom stereocenters. The predicted molar refractivity (Wildman–Crippen MR) is 127 cm³/mol. The van der Waals surface area contributed by atoms with Crippen LogP contribution in [0.25, 0.3) is 11.1 Å². The molecule has 11 nitrogen and oxygen atoms in total. The minimum absolute atomic E-state index is 0.105. The highest BCUT2D eigenvalue weighted by Crippen LogP contribution is 2.21. The summed E-state index contributed by atoms with van der Waals surface area (Å²) in [6, 6.07) is 11.8. The van der Waals surface area contributed by atoms with E-state index >= 15 is 0 Å². The Morgan fingerprint density at radius 3 is 2.16 bits per heavy atom. The number of carboxylic acids is 3. The standard InChI is InChI=1S/C25H27FN2O9/c26-18-14-16(15-6-2-1-3-7-15)9-10-17(18)22(31)27-13-5-4-8-20(24(34)35)37-25(36)28-19(23(32)33)11-12-21(29)30/h1-3,6-7,9-10,14,19-20H,4-5,8,11-13H2,(H,27,31)(H,28,36)(H,29,30)(H,32,33)(H,34,35)/t19-,20-/m0/s1. The molecule has 2 amide bonds. The van der Waals surface area contributed by atoms with Gasteiger partial charge in [-0.25, -0.2) is 18.8 Å². The number of carbonyl (C=O) groups is 5. The van der Waals surface area contributed by atoms with E-state index < -0.39 is 60.7 Å². The fourth-order valence-electron chi connectivity index (χ4n) is 3.32. The smallest absolute Gasteiger partial charge is 0.408 e. The van der Waals surface area contributed by atoms with E-state index in [4.69, 9.17) is 14.9 Å². The third kappa shape index (κ3) is 9.59. The number of hydrogen-bond acceptors (Lipinski definition) is 6. The zero-order valence-corrected chi connectivity index (χ0v) is 19.7. The average Bonchev–Trinajstić information content (AvgIpc) is 2.85. The first kappa shape index (κ1) is 28.8. The van der Waals surface area contributed by atoms with Crippen molar-refractivity contribution < 1.29 is 48.4 Å². The molecule has 12 heteroatoms. The SMILES string of the molecule is O=C(O)CC[C@H](NC(=O)O[C@@H](CCCCNC(=O)c1ccc(-c2ccccc2)cc1F)C(=O)O)C(=O)O. The van der Waals surface area contributed by atoms with Gasteiger partial charge in [0, 0.05) is 13.0 Å². The molecule has 0 spiro atoms. The Hall–Kier alpha value is -4.48. The predicted octanol–water partition coefficient (Wildman–Crippen LogP) is 2.89. The minimum Gasteiger partial charge on any atom is -0.481 e. The van der Waals surface area contributed by atoms with E-state index in [2.05, 4.69) is 5.32 Å². The second kappa shape index (κ2) is 14.2. The number of ether oxygens (including phenoxy) is 1. The zero-order chi connectivity index (χ0) is 27.4. The van der Waals surface area contributed by atoms with Crippen molar-refractivity contribution in [3.63, 3.8) is 0 Å². The lowest BCUT2D eigenvalue weighted by atomic mass is 10.0. The van der Waals surface area contributed by atoms with E-state index in [-0.39, 0.29) is 24.9 Å². The Bertz CT molecular complexity index is 1120. The van der Waals surface area contributed by atoms with Crippen LogP contribution in [0.15, 0.2) is 48.5 Å². The summed E-state index contributed by atoms with van der Waals surface area (Å²) in [6.45, 7) is 0.105. The molecule has 0 heterocycles. The number of hydrogen-bond donors (Lipinski definition) is 5. The van der Waals surface area contributed by atoms with Gasteiger partial charge in [0.1, 0.15) is 11.9 Å². The third-order valence-corrected chi connectivity index (χ3v) is 5.26. The summed E-state index contributed by atoms with van der Waals surface area (Å²) < 4.78 is 19.2. The number of rotatable bonds is 14. The van der Waals surface area contributed by atoms with Crippen LogP contribution in [-0.4, -0.2) is 63.9 Å². The van der Waals surface area contributed by atoms with Gasteiger partial charge < -0.3 is 30.7 Å². The molecular formula is C25H27FN2O9. The van der Waals surface area contributed by atoms with Crippen LogP contribution in [0.4, 0.5) is 9.18 Å². The molecular weight excluding hydrogens is 491 g/mol. The quantitative estimate of drug-likeness (QED) is 0.235. The fraction of sp³-hybridized carbons (Fsp3) is 0.320. The lowest BCUT2D eigenvalue weighted by Crippen LogP contribution is -2.43. The van der Waals surface area contributed by atoms with Crippen LogP contribution in [0.2, 0.25) is 0 Å². The molecule has 2 atom stereocenters. The van der Waals surface area contributed by atoms with Gasteiger partial charge in [-0.3, -0.25) is 9.59 Å². The fourth-order valence-corrected chi connectivity index (χ4v) is 3.32. The second-order valence-corrected chi connectivity index (χ2v) is 8.01. The highest BCUT2D eigenvalue weighted by atomic mass is 19.1. The number of benzene rings is 2. The molecule has 5 N–H and O–H groups in total. The van der Waals surface area contributed by atoms with Crippen molar-refractivity contribution in [3.8, 4) is 11.1 Å². The van der Waals surface area contributed by atoms with Crippen molar-refractivity contribution in [2.45, 2.75) is 44.2 Å². The number of nitrogens with one attached hydrogen (secondary N) is 2. The molecule has 37 heavy (non-hydrogen) atoms. The summed E-state index contributed by atoms with van der Waals surface area (Å²) in [7, 11) is 0. The van der Waals surface area contributed by atoms with Crippen molar-refractivity contribution in [3.05, 3.63) is 59.9 Å². The van der Waals surface area contributed by atoms with Gasteiger partial charge in [-0.15, -0.1) is 0 Å². The molecule has 0 fully saturated rings. The van der Waals surface area contributed by atoms with Gasteiger partial charge in [0.15, 0.2) is 0 Å². The highest BCUT2D eigenvalue weighted by molar-refractivity contribution is 5.95. The monoisotopic (exact) mass is 518 g/mol. The Kier molecular flexibility index (Phi) is 11.0. The van der Waals surface area contributed by atoms with Gasteiger partial charge in [0.05, 0.1) is 5.56 Å². The number of unbranched alkanes of at least 4 members (excludes halogenated alkanes) is 1. The molecule has 0 aliphatic rings. The molecule has 2 rings (SSSR count). The zero-order valence-electron chi connectivity index (χ0n) is 19.7. The average molecular weight is 518 g/mol. The van der Waals surface area contributed by atoms with Crippen molar-refractivity contribution >= 4 is 29.9 Å². The van der Waals surface area contributed by atoms with Crippen LogP contribution >= 0.6 is 0 Å². The van der Waals surface area contributed by atoms with E-state index in [1.807, 2.05) is 35.6 Å². The van der Waals surface area contributed by atoms with E-state index in [1.54, 1.807) is 6.07 Å². The van der Waals surface area contributed by atoms with Crippen LogP contribution in [0.1, 0.15) is 42.5 Å². The van der Waals surface area contributed by atoms with Crippen LogP contribution in [0.3, 0.4) is 0 Å². The van der Waals surface area contributed by atoms with Crippen LogP contribution in [0.5, 0.6) is 0 Å². The molecule has 0 aromatic heterocycles. The molecule has 2 aromatic rings. The summed E-state index contributed by atoms with van der Waals surface area (Å²) >= 11 is 0. The molecule has 0 bridgehead atoms. The summed E-state index contributed by atoms with van der Waals surface area (Å²) in [6.07, 6.45) is -3.47. The van der Waals surface area contributed by atoms with Crippen molar-refractivity contribution in [1.29, 1.82) is 0 Å². The first-order valence-corrected chi connectivity index (χ1v) is 11.4. The first-order chi connectivity index (χ1) is 17.6. The largest absolute Gasteiger partial charge is 0.481 e. The van der Waals surface area contributed by atoms with Gasteiger partial charge in [-0.2, -0.15) is 0 Å².